The van der Waals surface area contributed by atoms with E-state index in [1.165, 1.54) is 0 Å². The third kappa shape index (κ3) is 5.54. The van der Waals surface area contributed by atoms with Gasteiger partial charge >= 0.3 is 0 Å². The first-order valence-electron chi connectivity index (χ1n) is 10.2. The third-order valence-electron chi connectivity index (χ3n) is 5.16. The Bertz CT molecular complexity index is 1090. The quantitative estimate of drug-likeness (QED) is 0.480. The number of rotatable bonds is 8. The second-order valence-corrected chi connectivity index (χ2v) is 10.5. The average Bonchev–Trinajstić information content (AvgIpc) is 3.17. The molecule has 0 saturated carbocycles. The average molecular weight is 459 g/mol. The van der Waals surface area contributed by atoms with Crippen LogP contribution >= 0.6 is 11.8 Å². The first kappa shape index (κ1) is 22.0. The third-order valence-corrected chi connectivity index (χ3v) is 7.69. The summed E-state index contributed by atoms with van der Waals surface area (Å²) < 4.78 is 33.3. The van der Waals surface area contributed by atoms with Crippen molar-refractivity contribution in [1.29, 1.82) is 0 Å². The largest absolute Gasteiger partial charge is 0.379 e. The molecular weight excluding hydrogens is 432 g/mol. The fourth-order valence-electron chi connectivity index (χ4n) is 3.41. The number of thioether (sulfide) groups is 1. The number of aryl methyl sites for hydroxylation is 1. The maximum atomic E-state index is 13.0. The number of aromatic nitrogens is 3. The molecule has 3 aromatic rings. The van der Waals surface area contributed by atoms with Gasteiger partial charge in [0.2, 0.25) is 0 Å². The number of nitrogens with zero attached hydrogens (tertiary/aromatic N) is 4. The molecular formula is C22H26N4O3S2. The van der Waals surface area contributed by atoms with Crippen LogP contribution < -0.4 is 0 Å². The van der Waals surface area contributed by atoms with Crippen LogP contribution in [0, 0.1) is 6.92 Å². The summed E-state index contributed by atoms with van der Waals surface area (Å²) in [7, 11) is -3.54. The minimum atomic E-state index is -3.54. The molecule has 0 aliphatic carbocycles. The first-order valence-corrected chi connectivity index (χ1v) is 12.9. The molecule has 0 spiro atoms. The monoisotopic (exact) mass is 458 g/mol. The van der Waals surface area contributed by atoms with Gasteiger partial charge < -0.3 is 4.74 Å². The summed E-state index contributed by atoms with van der Waals surface area (Å²) in [5.41, 5.74) is 1.88. The molecule has 0 bridgehead atoms. The summed E-state index contributed by atoms with van der Waals surface area (Å²) in [4.78, 5) is 2.66. The Morgan fingerprint density at radius 1 is 1.00 bits per heavy atom. The highest BCUT2D eigenvalue weighted by Crippen LogP contribution is 2.25. The second-order valence-electron chi connectivity index (χ2n) is 7.44. The van der Waals surface area contributed by atoms with E-state index in [9.17, 15) is 8.42 Å². The van der Waals surface area contributed by atoms with Gasteiger partial charge in [-0.05, 0) is 31.2 Å². The zero-order valence-corrected chi connectivity index (χ0v) is 19.1. The SMILES string of the molecule is Cc1ccc(S(=O)(=O)Cc2nnc(SCCN3CCOCC3)n2-c2ccccc2)cc1. The summed E-state index contributed by atoms with van der Waals surface area (Å²) in [6.45, 7) is 6.27. The fraction of sp³-hybridized carbons (Fsp3) is 0.364. The van der Waals surface area contributed by atoms with Crippen LogP contribution in [0.15, 0.2) is 64.6 Å². The van der Waals surface area contributed by atoms with Crippen molar-refractivity contribution in [2.75, 3.05) is 38.6 Å². The van der Waals surface area contributed by atoms with Crippen molar-refractivity contribution in [2.24, 2.45) is 0 Å². The Morgan fingerprint density at radius 3 is 2.42 bits per heavy atom. The van der Waals surface area contributed by atoms with Gasteiger partial charge in [-0.1, -0.05) is 47.7 Å². The van der Waals surface area contributed by atoms with Crippen LogP contribution in [0.25, 0.3) is 5.69 Å². The van der Waals surface area contributed by atoms with Crippen LogP contribution in [0.3, 0.4) is 0 Å². The molecule has 31 heavy (non-hydrogen) atoms. The van der Waals surface area contributed by atoms with Gasteiger partial charge in [0.05, 0.1) is 18.1 Å². The Morgan fingerprint density at radius 2 is 1.71 bits per heavy atom. The van der Waals surface area contributed by atoms with Gasteiger partial charge in [0.1, 0.15) is 5.75 Å². The van der Waals surface area contributed by atoms with E-state index in [0.717, 1.165) is 49.9 Å². The van der Waals surface area contributed by atoms with Crippen LogP contribution in [0.5, 0.6) is 0 Å². The second kappa shape index (κ2) is 9.95. The molecule has 0 radical (unpaired) electrons. The van der Waals surface area contributed by atoms with Gasteiger partial charge in [-0.2, -0.15) is 0 Å². The summed E-state index contributed by atoms with van der Waals surface area (Å²) >= 11 is 1.59. The van der Waals surface area contributed by atoms with Crippen molar-refractivity contribution in [1.82, 2.24) is 19.7 Å². The van der Waals surface area contributed by atoms with Gasteiger partial charge in [0.25, 0.3) is 0 Å². The van der Waals surface area contributed by atoms with Crippen LogP contribution in [-0.2, 0) is 20.3 Å². The molecule has 0 unspecified atom stereocenters. The van der Waals surface area contributed by atoms with E-state index >= 15 is 0 Å². The lowest BCUT2D eigenvalue weighted by atomic mass is 10.2. The molecule has 0 amide bonds. The van der Waals surface area contributed by atoms with Crippen LogP contribution in [0.4, 0.5) is 0 Å². The minimum Gasteiger partial charge on any atom is -0.379 e. The Kier molecular flexibility index (Phi) is 7.06. The molecule has 2 heterocycles. The topological polar surface area (TPSA) is 77.3 Å². The standard InChI is InChI=1S/C22H26N4O3S2/c1-18-7-9-20(10-8-18)31(27,28)17-21-23-24-22(26(21)19-5-3-2-4-6-19)30-16-13-25-11-14-29-15-12-25/h2-10H,11-17H2,1H3. The number of hydrogen-bond donors (Lipinski definition) is 0. The summed E-state index contributed by atoms with van der Waals surface area (Å²) in [5.74, 6) is 1.05. The van der Waals surface area contributed by atoms with E-state index in [0.29, 0.717) is 15.9 Å². The van der Waals surface area contributed by atoms with Gasteiger partial charge in [-0.25, -0.2) is 8.42 Å². The van der Waals surface area contributed by atoms with Crippen LogP contribution in [0.2, 0.25) is 0 Å². The number of morpholine rings is 1. The molecule has 7 nitrogen and oxygen atoms in total. The lowest BCUT2D eigenvalue weighted by Gasteiger charge is -2.26. The van der Waals surface area contributed by atoms with Crippen molar-refractivity contribution in [3.63, 3.8) is 0 Å². The van der Waals surface area contributed by atoms with Crippen LogP contribution in [0.1, 0.15) is 11.4 Å². The Hall–Kier alpha value is -2.20. The predicted molar refractivity (Wildman–Crippen MR) is 121 cm³/mol. The molecule has 1 saturated heterocycles. The molecule has 1 aliphatic heterocycles. The Balaban J connectivity index is 1.56. The highest BCUT2D eigenvalue weighted by atomic mass is 32.2. The lowest BCUT2D eigenvalue weighted by molar-refractivity contribution is 0.0410. The van der Waals surface area contributed by atoms with Crippen molar-refractivity contribution in [2.45, 2.75) is 22.7 Å². The van der Waals surface area contributed by atoms with Crippen molar-refractivity contribution in [3.8, 4) is 5.69 Å². The van der Waals surface area contributed by atoms with Crippen molar-refractivity contribution in [3.05, 3.63) is 66.0 Å². The molecule has 1 fully saturated rings. The normalized spacial score (nSPS) is 15.3. The maximum absolute atomic E-state index is 13.0. The molecule has 0 atom stereocenters. The van der Waals surface area contributed by atoms with E-state index in [-0.39, 0.29) is 5.75 Å². The van der Waals surface area contributed by atoms with Crippen LogP contribution in [-0.4, -0.2) is 66.7 Å². The minimum absolute atomic E-state index is 0.206. The molecule has 164 valence electrons. The maximum Gasteiger partial charge on any atom is 0.195 e. The molecule has 0 N–H and O–H groups in total. The molecule has 1 aliphatic rings. The number of sulfone groups is 1. The highest BCUT2D eigenvalue weighted by Gasteiger charge is 2.23. The zero-order valence-electron chi connectivity index (χ0n) is 17.5. The van der Waals surface area contributed by atoms with E-state index in [2.05, 4.69) is 15.1 Å². The summed E-state index contributed by atoms with van der Waals surface area (Å²) in [6, 6.07) is 16.6. The summed E-state index contributed by atoms with van der Waals surface area (Å²) in [6.07, 6.45) is 0. The zero-order chi connectivity index (χ0) is 21.7. The molecule has 2 aromatic carbocycles. The highest BCUT2D eigenvalue weighted by molar-refractivity contribution is 7.99. The predicted octanol–water partition coefficient (Wildman–Crippen LogP) is 2.97. The van der Waals surface area contributed by atoms with E-state index < -0.39 is 9.84 Å². The van der Waals surface area contributed by atoms with Crippen molar-refractivity contribution < 1.29 is 13.2 Å². The lowest BCUT2D eigenvalue weighted by Crippen LogP contribution is -2.37. The van der Waals surface area contributed by atoms with E-state index in [1.807, 2.05) is 54.0 Å². The van der Waals surface area contributed by atoms with E-state index in [4.69, 9.17) is 4.74 Å². The smallest absolute Gasteiger partial charge is 0.195 e. The number of benzene rings is 2. The Labute approximate surface area is 187 Å². The van der Waals surface area contributed by atoms with Gasteiger partial charge in [-0.15, -0.1) is 10.2 Å². The van der Waals surface area contributed by atoms with Gasteiger partial charge in [0.15, 0.2) is 20.8 Å². The molecule has 1 aromatic heterocycles. The van der Waals surface area contributed by atoms with Gasteiger partial charge in [-0.3, -0.25) is 9.47 Å². The fourth-order valence-corrected chi connectivity index (χ4v) is 5.63. The number of hydrogen-bond acceptors (Lipinski definition) is 7. The number of ether oxygens (including phenoxy) is 1. The summed E-state index contributed by atoms with van der Waals surface area (Å²) in [5, 5.41) is 9.30. The van der Waals surface area contributed by atoms with E-state index in [1.54, 1.807) is 23.9 Å². The molecule has 4 rings (SSSR count). The number of para-hydroxylation sites is 1. The van der Waals surface area contributed by atoms with Gasteiger partial charge in [0, 0.05) is 31.1 Å². The first-order chi connectivity index (χ1) is 15.0. The van der Waals surface area contributed by atoms with Crippen molar-refractivity contribution >= 4 is 21.6 Å². The molecule has 9 heteroatoms.